The Bertz CT molecular complexity index is 891. The number of amides is 1. The number of oxazole rings is 1. The van der Waals surface area contributed by atoms with Gasteiger partial charge < -0.3 is 19.8 Å². The highest BCUT2D eigenvalue weighted by atomic mass is 16.5. The van der Waals surface area contributed by atoms with Crippen molar-refractivity contribution in [2.45, 2.75) is 19.3 Å². The summed E-state index contributed by atoms with van der Waals surface area (Å²) in [6.07, 6.45) is 3.31. The van der Waals surface area contributed by atoms with Gasteiger partial charge in [0, 0.05) is 38.0 Å². The van der Waals surface area contributed by atoms with Crippen LogP contribution in [-0.2, 0) is 17.6 Å². The first-order valence-electron chi connectivity index (χ1n) is 9.80. The third-order valence-corrected chi connectivity index (χ3v) is 4.75. The number of aromatic nitrogens is 1. The first-order valence-corrected chi connectivity index (χ1v) is 9.80. The van der Waals surface area contributed by atoms with Crippen molar-refractivity contribution in [2.75, 3.05) is 26.7 Å². The predicted molar refractivity (Wildman–Crippen MR) is 113 cm³/mol. The molecule has 0 aliphatic carbocycles. The molecule has 3 rings (SSSR count). The Kier molecular flexibility index (Phi) is 7.41. The molecule has 152 valence electrons. The van der Waals surface area contributed by atoms with Crippen molar-refractivity contribution in [3.63, 3.8) is 0 Å². The van der Waals surface area contributed by atoms with Crippen LogP contribution in [0.1, 0.15) is 17.9 Å². The number of carbonyl (C=O) groups is 1. The number of rotatable bonds is 10. The smallest absolute Gasteiger partial charge is 0.223 e. The molecule has 0 saturated carbocycles. The summed E-state index contributed by atoms with van der Waals surface area (Å²) in [6, 6.07) is 17.7. The molecule has 0 unspecified atom stereocenters. The maximum absolute atomic E-state index is 12.7. The molecule has 0 spiro atoms. The summed E-state index contributed by atoms with van der Waals surface area (Å²) in [7, 11) is 1.63. The molecule has 0 atom stereocenters. The summed E-state index contributed by atoms with van der Waals surface area (Å²) in [5, 5.41) is 0. The SMILES string of the molecule is COc1ccc(-c2cnc(CCC(=O)N(CCN)CCc3ccccc3)o2)cc1. The fourth-order valence-corrected chi connectivity index (χ4v) is 3.11. The summed E-state index contributed by atoms with van der Waals surface area (Å²) in [5.41, 5.74) is 7.83. The Morgan fingerprint density at radius 3 is 2.52 bits per heavy atom. The van der Waals surface area contributed by atoms with Crippen LogP contribution in [0.3, 0.4) is 0 Å². The largest absolute Gasteiger partial charge is 0.497 e. The van der Waals surface area contributed by atoms with E-state index in [4.69, 9.17) is 14.9 Å². The summed E-state index contributed by atoms with van der Waals surface area (Å²) < 4.78 is 11.0. The van der Waals surface area contributed by atoms with Crippen LogP contribution in [0, 0.1) is 0 Å². The van der Waals surface area contributed by atoms with E-state index in [1.165, 1.54) is 5.56 Å². The number of ether oxygens (including phenoxy) is 1. The van der Waals surface area contributed by atoms with Gasteiger partial charge in [-0.2, -0.15) is 0 Å². The maximum atomic E-state index is 12.7. The van der Waals surface area contributed by atoms with Crippen molar-refractivity contribution in [1.82, 2.24) is 9.88 Å². The molecule has 3 aromatic rings. The van der Waals surface area contributed by atoms with Gasteiger partial charge in [0.2, 0.25) is 5.91 Å². The van der Waals surface area contributed by atoms with E-state index < -0.39 is 0 Å². The minimum atomic E-state index is 0.0654. The van der Waals surface area contributed by atoms with Crippen molar-refractivity contribution in [3.05, 3.63) is 72.2 Å². The highest BCUT2D eigenvalue weighted by molar-refractivity contribution is 5.76. The van der Waals surface area contributed by atoms with Gasteiger partial charge in [0.15, 0.2) is 11.7 Å². The zero-order chi connectivity index (χ0) is 20.5. The van der Waals surface area contributed by atoms with E-state index in [1.807, 2.05) is 47.4 Å². The molecule has 0 aliphatic heterocycles. The second-order valence-corrected chi connectivity index (χ2v) is 6.75. The van der Waals surface area contributed by atoms with E-state index in [1.54, 1.807) is 13.3 Å². The lowest BCUT2D eigenvalue weighted by molar-refractivity contribution is -0.131. The number of aryl methyl sites for hydroxylation is 1. The number of nitrogens with two attached hydrogens (primary N) is 1. The maximum Gasteiger partial charge on any atom is 0.223 e. The van der Waals surface area contributed by atoms with Gasteiger partial charge in [-0.3, -0.25) is 4.79 Å². The fourth-order valence-electron chi connectivity index (χ4n) is 3.11. The van der Waals surface area contributed by atoms with E-state index in [0.29, 0.717) is 44.1 Å². The highest BCUT2D eigenvalue weighted by Crippen LogP contribution is 2.23. The first-order chi connectivity index (χ1) is 14.2. The van der Waals surface area contributed by atoms with Crippen LogP contribution in [0.5, 0.6) is 5.75 Å². The topological polar surface area (TPSA) is 81.6 Å². The number of carbonyl (C=O) groups excluding carboxylic acids is 1. The Hall–Kier alpha value is -3.12. The van der Waals surface area contributed by atoms with Gasteiger partial charge in [-0.25, -0.2) is 4.98 Å². The van der Waals surface area contributed by atoms with Crippen molar-refractivity contribution >= 4 is 5.91 Å². The Morgan fingerprint density at radius 1 is 1.07 bits per heavy atom. The van der Waals surface area contributed by atoms with Gasteiger partial charge in [-0.1, -0.05) is 30.3 Å². The number of nitrogens with zero attached hydrogens (tertiary/aromatic N) is 2. The highest BCUT2D eigenvalue weighted by Gasteiger charge is 2.15. The van der Waals surface area contributed by atoms with E-state index in [0.717, 1.165) is 17.7 Å². The number of methoxy groups -OCH3 is 1. The first kappa shape index (κ1) is 20.6. The molecule has 0 saturated heterocycles. The van der Waals surface area contributed by atoms with Gasteiger partial charge in [0.05, 0.1) is 13.3 Å². The fraction of sp³-hybridized carbons (Fsp3) is 0.304. The number of hydrogen-bond donors (Lipinski definition) is 1. The van der Waals surface area contributed by atoms with Crippen LogP contribution in [0.4, 0.5) is 0 Å². The summed E-state index contributed by atoms with van der Waals surface area (Å²) in [6.45, 7) is 1.65. The van der Waals surface area contributed by atoms with Gasteiger partial charge in [0.25, 0.3) is 0 Å². The molecule has 1 amide bonds. The van der Waals surface area contributed by atoms with E-state index in [9.17, 15) is 4.79 Å². The number of benzene rings is 2. The van der Waals surface area contributed by atoms with Crippen LogP contribution in [-0.4, -0.2) is 42.5 Å². The molecule has 2 N–H and O–H groups in total. The van der Waals surface area contributed by atoms with Crippen LogP contribution >= 0.6 is 0 Å². The summed E-state index contributed by atoms with van der Waals surface area (Å²) >= 11 is 0. The quantitative estimate of drug-likeness (QED) is 0.571. The normalized spacial score (nSPS) is 10.7. The molecule has 6 heteroatoms. The third kappa shape index (κ3) is 5.93. The molecule has 0 fully saturated rings. The van der Waals surface area contributed by atoms with Crippen molar-refractivity contribution in [2.24, 2.45) is 5.73 Å². The van der Waals surface area contributed by atoms with Crippen LogP contribution in [0.15, 0.2) is 65.2 Å². The molecule has 0 aliphatic rings. The summed E-state index contributed by atoms with van der Waals surface area (Å²) in [5.74, 6) is 2.09. The van der Waals surface area contributed by atoms with Gasteiger partial charge in [0.1, 0.15) is 5.75 Å². The average molecular weight is 393 g/mol. The zero-order valence-electron chi connectivity index (χ0n) is 16.7. The molecule has 2 aromatic carbocycles. The van der Waals surface area contributed by atoms with Gasteiger partial charge in [-0.15, -0.1) is 0 Å². The lowest BCUT2D eigenvalue weighted by atomic mass is 10.1. The predicted octanol–water partition coefficient (Wildman–Crippen LogP) is 3.31. The molecular weight excluding hydrogens is 366 g/mol. The van der Waals surface area contributed by atoms with E-state index >= 15 is 0 Å². The molecule has 1 heterocycles. The standard InChI is InChI=1S/C23H27N3O3/c1-28-20-9-7-19(8-10-20)21-17-25-22(29-21)11-12-23(27)26(16-14-24)15-13-18-5-3-2-4-6-18/h2-10,17H,11-16,24H2,1H3. The van der Waals surface area contributed by atoms with Crippen molar-refractivity contribution in [1.29, 1.82) is 0 Å². The Labute approximate surface area is 171 Å². The Balaban J connectivity index is 1.54. The molecule has 1 aromatic heterocycles. The second-order valence-electron chi connectivity index (χ2n) is 6.75. The molecule has 0 radical (unpaired) electrons. The van der Waals surface area contributed by atoms with E-state index in [2.05, 4.69) is 17.1 Å². The lowest BCUT2D eigenvalue weighted by Crippen LogP contribution is -2.37. The number of hydrogen-bond acceptors (Lipinski definition) is 5. The average Bonchev–Trinajstić information content (AvgIpc) is 3.25. The van der Waals surface area contributed by atoms with Crippen LogP contribution in [0.2, 0.25) is 0 Å². The lowest BCUT2D eigenvalue weighted by Gasteiger charge is -2.22. The second kappa shape index (κ2) is 10.4. The van der Waals surface area contributed by atoms with Gasteiger partial charge in [-0.05, 0) is 36.2 Å². The zero-order valence-corrected chi connectivity index (χ0v) is 16.7. The van der Waals surface area contributed by atoms with Crippen LogP contribution in [0.25, 0.3) is 11.3 Å². The molecule has 6 nitrogen and oxygen atoms in total. The Morgan fingerprint density at radius 2 is 1.83 bits per heavy atom. The summed E-state index contributed by atoms with van der Waals surface area (Å²) in [4.78, 5) is 18.8. The monoisotopic (exact) mass is 393 g/mol. The van der Waals surface area contributed by atoms with E-state index in [-0.39, 0.29) is 5.91 Å². The van der Waals surface area contributed by atoms with Crippen molar-refractivity contribution in [3.8, 4) is 17.1 Å². The van der Waals surface area contributed by atoms with Crippen molar-refractivity contribution < 1.29 is 13.9 Å². The minimum absolute atomic E-state index is 0.0654. The van der Waals surface area contributed by atoms with Crippen LogP contribution < -0.4 is 10.5 Å². The molecular formula is C23H27N3O3. The van der Waals surface area contributed by atoms with Gasteiger partial charge >= 0.3 is 0 Å². The minimum Gasteiger partial charge on any atom is -0.497 e. The third-order valence-electron chi connectivity index (χ3n) is 4.75. The molecule has 29 heavy (non-hydrogen) atoms. The molecule has 0 bridgehead atoms.